The van der Waals surface area contributed by atoms with Crippen LogP contribution in [0.3, 0.4) is 0 Å². The number of nitrogens with zero attached hydrogens (tertiary/aromatic N) is 2. The van der Waals surface area contributed by atoms with Crippen LogP contribution in [0.4, 0.5) is 0 Å². The average Bonchev–Trinajstić information content (AvgIpc) is 2.22. The maximum Gasteiger partial charge on any atom is 0.323 e. The van der Waals surface area contributed by atoms with E-state index in [0.29, 0.717) is 19.6 Å². The van der Waals surface area contributed by atoms with E-state index < -0.39 is 0 Å². The summed E-state index contributed by atoms with van der Waals surface area (Å²) >= 11 is 0. The molecule has 0 saturated heterocycles. The van der Waals surface area contributed by atoms with E-state index in [1.54, 1.807) is 6.92 Å². The van der Waals surface area contributed by atoms with Crippen molar-refractivity contribution in [2.24, 2.45) is 0 Å². The van der Waals surface area contributed by atoms with Crippen molar-refractivity contribution in [3.8, 4) is 6.07 Å². The van der Waals surface area contributed by atoms with Gasteiger partial charge in [-0.15, -0.1) is 0 Å². The van der Waals surface area contributed by atoms with Crippen LogP contribution in [0.25, 0.3) is 0 Å². The summed E-state index contributed by atoms with van der Waals surface area (Å²) in [6.45, 7) is 4.85. The van der Waals surface area contributed by atoms with E-state index in [1.807, 2.05) is 18.9 Å². The first-order valence-electron chi connectivity index (χ1n) is 5.41. The Labute approximate surface area is 91.8 Å². The van der Waals surface area contributed by atoms with E-state index in [1.165, 1.54) is 0 Å². The summed E-state index contributed by atoms with van der Waals surface area (Å²) in [5.41, 5.74) is 0. The first kappa shape index (κ1) is 13.9. The predicted molar refractivity (Wildman–Crippen MR) is 58.2 cm³/mol. The fourth-order valence-corrected chi connectivity index (χ4v) is 1.41. The van der Waals surface area contributed by atoms with Gasteiger partial charge in [-0.25, -0.2) is 0 Å². The molecule has 1 unspecified atom stereocenters. The van der Waals surface area contributed by atoms with Crippen molar-refractivity contribution < 1.29 is 9.53 Å². The Hall–Kier alpha value is -1.08. The molecule has 0 bridgehead atoms. The van der Waals surface area contributed by atoms with Crippen molar-refractivity contribution in [1.29, 1.82) is 5.26 Å². The van der Waals surface area contributed by atoms with Gasteiger partial charge in [-0.2, -0.15) is 5.26 Å². The van der Waals surface area contributed by atoms with Crippen LogP contribution in [-0.2, 0) is 9.53 Å². The van der Waals surface area contributed by atoms with E-state index in [2.05, 4.69) is 6.07 Å². The fourth-order valence-electron chi connectivity index (χ4n) is 1.41. The van der Waals surface area contributed by atoms with Gasteiger partial charge < -0.3 is 4.74 Å². The van der Waals surface area contributed by atoms with Crippen molar-refractivity contribution in [1.82, 2.24) is 4.90 Å². The Morgan fingerprint density at radius 2 is 2.20 bits per heavy atom. The van der Waals surface area contributed by atoms with Gasteiger partial charge in [0.25, 0.3) is 0 Å². The topological polar surface area (TPSA) is 53.3 Å². The average molecular weight is 212 g/mol. The molecule has 0 radical (unpaired) electrons. The van der Waals surface area contributed by atoms with E-state index in [-0.39, 0.29) is 12.0 Å². The zero-order valence-electron chi connectivity index (χ0n) is 9.82. The van der Waals surface area contributed by atoms with Crippen molar-refractivity contribution in [2.45, 2.75) is 39.2 Å². The molecule has 4 heteroatoms. The Morgan fingerprint density at radius 3 is 2.67 bits per heavy atom. The number of esters is 1. The highest BCUT2D eigenvalue weighted by Gasteiger charge is 2.22. The molecule has 0 amide bonds. The Bertz CT molecular complexity index is 223. The number of rotatable bonds is 7. The Morgan fingerprint density at radius 1 is 1.53 bits per heavy atom. The lowest BCUT2D eigenvalue weighted by Crippen LogP contribution is -2.40. The largest absolute Gasteiger partial charge is 0.465 e. The molecular formula is C11H20N2O2. The number of likely N-dealkylation sites (N-methyl/N-ethyl adjacent to an activating group) is 1. The van der Waals surface area contributed by atoms with Crippen molar-refractivity contribution >= 4 is 5.97 Å². The summed E-state index contributed by atoms with van der Waals surface area (Å²) in [7, 11) is 1.86. The number of ether oxygens (including phenoxy) is 1. The minimum absolute atomic E-state index is 0.181. The molecule has 0 N–H and O–H groups in total. The van der Waals surface area contributed by atoms with E-state index in [0.717, 1.165) is 12.8 Å². The van der Waals surface area contributed by atoms with Crippen LogP contribution in [0.5, 0.6) is 0 Å². The fraction of sp³-hybridized carbons (Fsp3) is 0.818. The van der Waals surface area contributed by atoms with E-state index >= 15 is 0 Å². The Balaban J connectivity index is 4.23. The summed E-state index contributed by atoms with van der Waals surface area (Å²) in [6.07, 6.45) is 2.15. The minimum atomic E-state index is -0.205. The molecule has 0 spiro atoms. The number of carbonyl (C=O) groups is 1. The van der Waals surface area contributed by atoms with Crippen LogP contribution >= 0.6 is 0 Å². The summed E-state index contributed by atoms with van der Waals surface area (Å²) in [5.74, 6) is -0.181. The zero-order chi connectivity index (χ0) is 11.7. The van der Waals surface area contributed by atoms with Gasteiger partial charge in [-0.3, -0.25) is 9.69 Å². The lowest BCUT2D eigenvalue weighted by Gasteiger charge is -2.24. The van der Waals surface area contributed by atoms with Gasteiger partial charge in [0.05, 0.1) is 12.7 Å². The van der Waals surface area contributed by atoms with Crippen molar-refractivity contribution in [2.75, 3.05) is 20.2 Å². The SMILES string of the molecule is CCCC(C(=O)OCC)N(C)CCC#N. The number of hydrogen-bond acceptors (Lipinski definition) is 4. The third kappa shape index (κ3) is 5.38. The summed E-state index contributed by atoms with van der Waals surface area (Å²) in [4.78, 5) is 13.5. The second kappa shape index (κ2) is 8.25. The van der Waals surface area contributed by atoms with Crippen LogP contribution < -0.4 is 0 Å². The molecule has 1 atom stereocenters. The molecule has 0 fully saturated rings. The van der Waals surface area contributed by atoms with Crippen LogP contribution in [0.15, 0.2) is 0 Å². The highest BCUT2D eigenvalue weighted by Crippen LogP contribution is 2.07. The molecule has 0 rings (SSSR count). The van der Waals surface area contributed by atoms with Crippen LogP contribution in [0.2, 0.25) is 0 Å². The standard InChI is InChI=1S/C11H20N2O2/c1-4-7-10(11(14)15-5-2)13(3)9-6-8-12/h10H,4-7,9H2,1-3H3. The van der Waals surface area contributed by atoms with Crippen molar-refractivity contribution in [3.63, 3.8) is 0 Å². The first-order valence-corrected chi connectivity index (χ1v) is 5.41. The quantitative estimate of drug-likeness (QED) is 0.601. The van der Waals surface area contributed by atoms with Gasteiger partial charge in [-0.1, -0.05) is 13.3 Å². The molecule has 0 aliphatic carbocycles. The second-order valence-corrected chi connectivity index (χ2v) is 3.45. The highest BCUT2D eigenvalue weighted by atomic mass is 16.5. The minimum Gasteiger partial charge on any atom is -0.465 e. The molecule has 0 aliphatic heterocycles. The molecule has 0 saturated carbocycles. The molecule has 15 heavy (non-hydrogen) atoms. The summed E-state index contributed by atoms with van der Waals surface area (Å²) in [5, 5.41) is 8.48. The first-order chi connectivity index (χ1) is 7.17. The van der Waals surface area contributed by atoms with E-state index in [9.17, 15) is 4.79 Å². The highest BCUT2D eigenvalue weighted by molar-refractivity contribution is 5.75. The molecule has 0 aromatic rings. The zero-order valence-corrected chi connectivity index (χ0v) is 9.82. The van der Waals surface area contributed by atoms with Gasteiger partial charge in [0.2, 0.25) is 0 Å². The summed E-state index contributed by atoms with van der Waals surface area (Å²) in [6, 6.07) is 1.87. The van der Waals surface area contributed by atoms with Gasteiger partial charge in [0, 0.05) is 13.0 Å². The smallest absolute Gasteiger partial charge is 0.323 e. The van der Waals surface area contributed by atoms with Gasteiger partial charge >= 0.3 is 5.97 Å². The van der Waals surface area contributed by atoms with Gasteiger partial charge in [-0.05, 0) is 20.4 Å². The second-order valence-electron chi connectivity index (χ2n) is 3.45. The monoisotopic (exact) mass is 212 g/mol. The molecular weight excluding hydrogens is 192 g/mol. The van der Waals surface area contributed by atoms with Crippen LogP contribution in [0.1, 0.15) is 33.1 Å². The maximum atomic E-state index is 11.6. The molecule has 86 valence electrons. The summed E-state index contributed by atoms with van der Waals surface area (Å²) < 4.78 is 4.99. The predicted octanol–water partition coefficient (Wildman–Crippen LogP) is 1.56. The number of nitriles is 1. The maximum absolute atomic E-state index is 11.6. The molecule has 0 aromatic heterocycles. The molecule has 0 heterocycles. The molecule has 4 nitrogen and oxygen atoms in total. The lowest BCUT2D eigenvalue weighted by atomic mass is 10.1. The lowest BCUT2D eigenvalue weighted by molar-refractivity contribution is -0.149. The Kier molecular flexibility index (Phi) is 7.65. The van der Waals surface area contributed by atoms with Crippen LogP contribution in [-0.4, -0.2) is 37.1 Å². The third-order valence-corrected chi connectivity index (χ3v) is 2.23. The normalized spacial score (nSPS) is 12.2. The number of hydrogen-bond donors (Lipinski definition) is 0. The van der Waals surface area contributed by atoms with E-state index in [4.69, 9.17) is 10.00 Å². The van der Waals surface area contributed by atoms with Crippen LogP contribution in [0, 0.1) is 11.3 Å². The van der Waals surface area contributed by atoms with Crippen molar-refractivity contribution in [3.05, 3.63) is 0 Å². The van der Waals surface area contributed by atoms with Gasteiger partial charge in [0.1, 0.15) is 6.04 Å². The van der Waals surface area contributed by atoms with Gasteiger partial charge in [0.15, 0.2) is 0 Å². The molecule has 0 aliphatic rings. The molecule has 0 aromatic carbocycles. The third-order valence-electron chi connectivity index (χ3n) is 2.23. The number of carbonyl (C=O) groups excluding carboxylic acids is 1.